The number of rotatable bonds is 8. The average Bonchev–Trinajstić information content (AvgIpc) is 3.12. The van der Waals surface area contributed by atoms with Crippen LogP contribution in [0.4, 0.5) is 0 Å². The predicted octanol–water partition coefficient (Wildman–Crippen LogP) is 6.29. The molecular formula is C30H37NO2. The molecule has 0 bridgehead atoms. The van der Waals surface area contributed by atoms with E-state index in [-0.39, 0.29) is 5.92 Å². The van der Waals surface area contributed by atoms with Crippen LogP contribution in [-0.4, -0.2) is 36.2 Å². The third-order valence-corrected chi connectivity index (χ3v) is 6.94. The molecule has 3 heteroatoms. The standard InChI is InChI=1S/C30H37NO2/c1-3-33-28-19-17-27(18-20-28)30(32,26-15-13-24(2)14-16-26)29(25-11-7-6-8-12-25)23-31-21-9-4-5-10-22-31/h6-8,11-20,29,32H,3-5,9-10,21-23H2,1-2H3/t29-,30-/m1/s1. The van der Waals surface area contributed by atoms with Gasteiger partial charge in [-0.1, -0.05) is 85.1 Å². The number of hydrogen-bond donors (Lipinski definition) is 1. The van der Waals surface area contributed by atoms with Gasteiger partial charge in [-0.05, 0) is 68.6 Å². The van der Waals surface area contributed by atoms with Crippen molar-refractivity contribution in [2.45, 2.75) is 51.0 Å². The highest BCUT2D eigenvalue weighted by Crippen LogP contribution is 2.44. The minimum Gasteiger partial charge on any atom is -0.494 e. The number of nitrogens with zero attached hydrogens (tertiary/aromatic N) is 1. The number of benzene rings is 3. The molecule has 0 aromatic heterocycles. The molecule has 1 fully saturated rings. The lowest BCUT2D eigenvalue weighted by molar-refractivity contribution is 0.0340. The molecule has 3 aromatic carbocycles. The molecule has 3 nitrogen and oxygen atoms in total. The zero-order valence-corrected chi connectivity index (χ0v) is 20.0. The third kappa shape index (κ3) is 5.48. The molecule has 174 valence electrons. The fraction of sp³-hybridized carbons (Fsp3) is 0.400. The monoisotopic (exact) mass is 443 g/mol. The molecular weight excluding hydrogens is 406 g/mol. The number of hydrogen-bond acceptors (Lipinski definition) is 3. The molecule has 1 saturated heterocycles. The van der Waals surface area contributed by atoms with Crippen LogP contribution in [-0.2, 0) is 5.60 Å². The molecule has 1 N–H and O–H groups in total. The molecule has 0 saturated carbocycles. The zero-order valence-electron chi connectivity index (χ0n) is 20.0. The Morgan fingerprint density at radius 1 is 0.818 bits per heavy atom. The van der Waals surface area contributed by atoms with Crippen molar-refractivity contribution in [3.8, 4) is 5.75 Å². The fourth-order valence-corrected chi connectivity index (χ4v) is 5.09. The van der Waals surface area contributed by atoms with Gasteiger partial charge >= 0.3 is 0 Å². The van der Waals surface area contributed by atoms with E-state index in [1.807, 2.05) is 37.3 Å². The van der Waals surface area contributed by atoms with E-state index in [1.165, 1.54) is 36.8 Å². The molecule has 0 aliphatic carbocycles. The molecule has 0 amide bonds. The summed E-state index contributed by atoms with van der Waals surface area (Å²) in [4.78, 5) is 2.55. The van der Waals surface area contributed by atoms with Gasteiger partial charge in [-0.3, -0.25) is 0 Å². The maximum Gasteiger partial charge on any atom is 0.123 e. The summed E-state index contributed by atoms with van der Waals surface area (Å²) < 4.78 is 5.69. The number of aliphatic hydroxyl groups is 1. The Bertz CT molecular complexity index is 976. The lowest BCUT2D eigenvalue weighted by atomic mass is 9.72. The first kappa shape index (κ1) is 23.5. The van der Waals surface area contributed by atoms with Crippen LogP contribution in [0.3, 0.4) is 0 Å². The van der Waals surface area contributed by atoms with Crippen LogP contribution in [0.5, 0.6) is 5.75 Å². The Morgan fingerprint density at radius 2 is 1.39 bits per heavy atom. The molecule has 0 spiro atoms. The van der Waals surface area contributed by atoms with Crippen LogP contribution in [0.2, 0.25) is 0 Å². The first-order chi connectivity index (χ1) is 16.1. The maximum absolute atomic E-state index is 12.7. The molecule has 0 radical (unpaired) electrons. The Hall–Kier alpha value is -2.62. The van der Waals surface area contributed by atoms with Crippen LogP contribution in [0.15, 0.2) is 78.9 Å². The fourth-order valence-electron chi connectivity index (χ4n) is 5.09. The smallest absolute Gasteiger partial charge is 0.123 e. The van der Waals surface area contributed by atoms with Gasteiger partial charge in [0.15, 0.2) is 0 Å². The normalized spacial score (nSPS) is 17.7. The van der Waals surface area contributed by atoms with Crippen molar-refractivity contribution < 1.29 is 9.84 Å². The van der Waals surface area contributed by atoms with Crippen LogP contribution in [0.25, 0.3) is 0 Å². The second kappa shape index (κ2) is 11.0. The van der Waals surface area contributed by atoms with Crippen molar-refractivity contribution in [1.82, 2.24) is 4.90 Å². The summed E-state index contributed by atoms with van der Waals surface area (Å²) in [6.45, 7) is 7.72. The molecule has 33 heavy (non-hydrogen) atoms. The first-order valence-electron chi connectivity index (χ1n) is 12.4. The van der Waals surface area contributed by atoms with Gasteiger partial charge in [0.2, 0.25) is 0 Å². The van der Waals surface area contributed by atoms with Gasteiger partial charge in [-0.2, -0.15) is 0 Å². The minimum atomic E-state index is -1.16. The predicted molar refractivity (Wildman–Crippen MR) is 136 cm³/mol. The molecule has 3 aromatic rings. The second-order valence-corrected chi connectivity index (χ2v) is 9.27. The SMILES string of the molecule is CCOc1ccc([C@](O)(c2ccc(C)cc2)[C@H](CN2CCCCCC2)c2ccccc2)cc1. The van der Waals surface area contributed by atoms with Crippen LogP contribution in [0, 0.1) is 6.92 Å². The summed E-state index contributed by atoms with van der Waals surface area (Å²) >= 11 is 0. The largest absolute Gasteiger partial charge is 0.494 e. The molecule has 4 rings (SSSR count). The van der Waals surface area contributed by atoms with Crippen molar-refractivity contribution in [2.24, 2.45) is 0 Å². The van der Waals surface area contributed by atoms with E-state index in [2.05, 4.69) is 60.4 Å². The Labute approximate surface area is 199 Å². The molecule has 1 aliphatic rings. The summed E-state index contributed by atoms with van der Waals surface area (Å²) in [5.41, 5.74) is 3.03. The summed E-state index contributed by atoms with van der Waals surface area (Å²) in [6, 6.07) is 26.9. The van der Waals surface area contributed by atoms with Gasteiger partial charge in [0.1, 0.15) is 11.4 Å². The lowest BCUT2D eigenvalue weighted by Crippen LogP contribution is -2.42. The molecule has 1 heterocycles. The first-order valence-corrected chi connectivity index (χ1v) is 12.4. The highest BCUT2D eigenvalue weighted by molar-refractivity contribution is 5.44. The summed E-state index contributed by atoms with van der Waals surface area (Å²) in [6.07, 6.45) is 5.06. The highest BCUT2D eigenvalue weighted by atomic mass is 16.5. The highest BCUT2D eigenvalue weighted by Gasteiger charge is 2.42. The number of aryl methyl sites for hydroxylation is 1. The van der Waals surface area contributed by atoms with Crippen molar-refractivity contribution in [2.75, 3.05) is 26.2 Å². The minimum absolute atomic E-state index is 0.0996. The summed E-state index contributed by atoms with van der Waals surface area (Å²) in [5.74, 6) is 0.730. The third-order valence-electron chi connectivity index (χ3n) is 6.94. The summed E-state index contributed by atoms with van der Waals surface area (Å²) in [5, 5.41) is 12.7. The Morgan fingerprint density at radius 3 is 1.97 bits per heavy atom. The molecule has 1 aliphatic heterocycles. The van der Waals surface area contributed by atoms with E-state index < -0.39 is 5.60 Å². The van der Waals surface area contributed by atoms with Gasteiger partial charge < -0.3 is 14.7 Å². The van der Waals surface area contributed by atoms with Gasteiger partial charge in [0.25, 0.3) is 0 Å². The van der Waals surface area contributed by atoms with Gasteiger partial charge in [0.05, 0.1) is 6.61 Å². The van der Waals surface area contributed by atoms with E-state index in [4.69, 9.17) is 4.74 Å². The second-order valence-electron chi connectivity index (χ2n) is 9.27. The molecule has 0 unspecified atom stereocenters. The summed E-state index contributed by atoms with van der Waals surface area (Å²) in [7, 11) is 0. The number of ether oxygens (including phenoxy) is 1. The van der Waals surface area contributed by atoms with E-state index in [9.17, 15) is 5.11 Å². The lowest BCUT2D eigenvalue weighted by Gasteiger charge is -2.40. The maximum atomic E-state index is 12.7. The van der Waals surface area contributed by atoms with E-state index >= 15 is 0 Å². The Kier molecular flexibility index (Phi) is 7.85. The van der Waals surface area contributed by atoms with Crippen molar-refractivity contribution in [3.63, 3.8) is 0 Å². The van der Waals surface area contributed by atoms with Crippen LogP contribution in [0.1, 0.15) is 60.8 Å². The quantitative estimate of drug-likeness (QED) is 0.444. The van der Waals surface area contributed by atoms with E-state index in [0.717, 1.165) is 36.5 Å². The van der Waals surface area contributed by atoms with Crippen molar-refractivity contribution >= 4 is 0 Å². The molecule has 2 atom stereocenters. The van der Waals surface area contributed by atoms with Gasteiger partial charge in [0, 0.05) is 12.5 Å². The van der Waals surface area contributed by atoms with Crippen LogP contribution >= 0.6 is 0 Å². The van der Waals surface area contributed by atoms with E-state index in [0.29, 0.717) is 6.61 Å². The zero-order chi connectivity index (χ0) is 23.1. The Balaban J connectivity index is 1.82. The number of likely N-dealkylation sites (tertiary alicyclic amines) is 1. The van der Waals surface area contributed by atoms with Crippen LogP contribution < -0.4 is 4.74 Å². The topological polar surface area (TPSA) is 32.7 Å². The van der Waals surface area contributed by atoms with Crippen molar-refractivity contribution in [1.29, 1.82) is 0 Å². The average molecular weight is 444 g/mol. The van der Waals surface area contributed by atoms with E-state index in [1.54, 1.807) is 0 Å². The van der Waals surface area contributed by atoms with Crippen molar-refractivity contribution in [3.05, 3.63) is 101 Å². The van der Waals surface area contributed by atoms with Gasteiger partial charge in [-0.25, -0.2) is 0 Å². The van der Waals surface area contributed by atoms with Gasteiger partial charge in [-0.15, -0.1) is 0 Å².